The van der Waals surface area contributed by atoms with Crippen molar-refractivity contribution in [2.24, 2.45) is 0 Å². The molecule has 7 heteroatoms. The summed E-state index contributed by atoms with van der Waals surface area (Å²) in [6, 6.07) is 6.71. The van der Waals surface area contributed by atoms with Crippen LogP contribution in [-0.2, 0) is 14.3 Å². The Labute approximate surface area is 135 Å². The van der Waals surface area contributed by atoms with Crippen molar-refractivity contribution in [3.05, 3.63) is 29.8 Å². The predicted molar refractivity (Wildman–Crippen MR) is 84.1 cm³/mol. The fraction of sp³-hybridized carbons (Fsp3) is 0.438. The summed E-state index contributed by atoms with van der Waals surface area (Å²) in [7, 11) is 0. The highest BCUT2D eigenvalue weighted by Gasteiger charge is 2.11. The highest BCUT2D eigenvalue weighted by molar-refractivity contribution is 5.95. The van der Waals surface area contributed by atoms with Crippen LogP contribution in [0.15, 0.2) is 24.3 Å². The van der Waals surface area contributed by atoms with Gasteiger partial charge < -0.3 is 14.8 Å². The molecule has 0 aromatic heterocycles. The van der Waals surface area contributed by atoms with Gasteiger partial charge in [0.25, 0.3) is 5.91 Å². The second-order valence-corrected chi connectivity index (χ2v) is 5.25. The molecule has 0 heterocycles. The average Bonchev–Trinajstić information content (AvgIpc) is 2.46. The Hall–Kier alpha value is -2.57. The maximum Gasteiger partial charge on any atom is 0.321 e. The van der Waals surface area contributed by atoms with Gasteiger partial charge >= 0.3 is 12.0 Å². The second-order valence-electron chi connectivity index (χ2n) is 5.25. The number of carbonyl (C=O) groups is 3. The molecule has 126 valence electrons. The second kappa shape index (κ2) is 9.45. The first kappa shape index (κ1) is 18.5. The van der Waals surface area contributed by atoms with Crippen LogP contribution in [0.5, 0.6) is 5.75 Å². The van der Waals surface area contributed by atoms with Crippen molar-refractivity contribution >= 4 is 17.9 Å². The molecular weight excluding hydrogens is 300 g/mol. The van der Waals surface area contributed by atoms with Crippen LogP contribution in [0.1, 0.15) is 25.8 Å². The van der Waals surface area contributed by atoms with E-state index in [-0.39, 0.29) is 19.1 Å². The van der Waals surface area contributed by atoms with Gasteiger partial charge in [-0.15, -0.1) is 0 Å². The molecule has 0 saturated carbocycles. The van der Waals surface area contributed by atoms with Gasteiger partial charge in [-0.1, -0.05) is 17.7 Å². The smallest absolute Gasteiger partial charge is 0.321 e. The van der Waals surface area contributed by atoms with Crippen molar-refractivity contribution in [1.29, 1.82) is 0 Å². The molecule has 23 heavy (non-hydrogen) atoms. The third-order valence-electron chi connectivity index (χ3n) is 2.63. The van der Waals surface area contributed by atoms with E-state index in [0.717, 1.165) is 5.56 Å². The summed E-state index contributed by atoms with van der Waals surface area (Å²) >= 11 is 0. The highest BCUT2D eigenvalue weighted by Crippen LogP contribution is 2.11. The molecular formula is C16H22N2O5. The number of hydrogen-bond donors (Lipinski definition) is 2. The molecule has 2 N–H and O–H groups in total. The summed E-state index contributed by atoms with van der Waals surface area (Å²) in [4.78, 5) is 34.1. The van der Waals surface area contributed by atoms with Crippen molar-refractivity contribution in [3.8, 4) is 5.75 Å². The Morgan fingerprint density at radius 1 is 1.13 bits per heavy atom. The zero-order valence-electron chi connectivity index (χ0n) is 13.5. The Kier molecular flexibility index (Phi) is 7.59. The Balaban J connectivity index is 2.17. The number of amides is 3. The van der Waals surface area contributed by atoms with Crippen LogP contribution in [0.3, 0.4) is 0 Å². The van der Waals surface area contributed by atoms with Crippen molar-refractivity contribution < 1.29 is 23.9 Å². The fourth-order valence-electron chi connectivity index (χ4n) is 1.57. The van der Waals surface area contributed by atoms with Crippen LogP contribution in [0.25, 0.3) is 0 Å². The third kappa shape index (κ3) is 8.45. The molecule has 1 aromatic rings. The number of aryl methyl sites for hydroxylation is 1. The summed E-state index contributed by atoms with van der Waals surface area (Å²) in [5.74, 6) is -0.598. The number of benzene rings is 1. The number of esters is 1. The first-order valence-electron chi connectivity index (χ1n) is 7.32. The molecule has 0 radical (unpaired) electrons. The summed E-state index contributed by atoms with van der Waals surface area (Å²) < 4.78 is 10.1. The van der Waals surface area contributed by atoms with E-state index in [1.165, 1.54) is 0 Å². The normalized spacial score (nSPS) is 10.1. The number of carbonyl (C=O) groups excluding carboxylic acids is 3. The molecule has 0 bridgehead atoms. The number of nitrogens with one attached hydrogen (secondary N) is 2. The predicted octanol–water partition coefficient (Wildman–Crippen LogP) is 1.54. The van der Waals surface area contributed by atoms with Crippen molar-refractivity contribution in [2.45, 2.75) is 33.2 Å². The van der Waals surface area contributed by atoms with E-state index in [9.17, 15) is 14.4 Å². The monoisotopic (exact) mass is 322 g/mol. The van der Waals surface area contributed by atoms with Gasteiger partial charge in [0.2, 0.25) is 0 Å². The SMILES string of the molecule is Cc1ccc(OCCC(=O)OCC(=O)NC(=O)NC(C)C)cc1. The van der Waals surface area contributed by atoms with Crippen LogP contribution in [0.2, 0.25) is 0 Å². The van der Waals surface area contributed by atoms with E-state index in [4.69, 9.17) is 9.47 Å². The largest absolute Gasteiger partial charge is 0.493 e. The first-order chi connectivity index (χ1) is 10.9. The van der Waals surface area contributed by atoms with E-state index >= 15 is 0 Å². The number of hydrogen-bond acceptors (Lipinski definition) is 5. The zero-order valence-corrected chi connectivity index (χ0v) is 13.5. The van der Waals surface area contributed by atoms with Crippen molar-refractivity contribution in [1.82, 2.24) is 10.6 Å². The molecule has 1 rings (SSSR count). The molecule has 0 atom stereocenters. The first-order valence-corrected chi connectivity index (χ1v) is 7.32. The summed E-state index contributed by atoms with van der Waals surface area (Å²) in [6.07, 6.45) is 0.0132. The van der Waals surface area contributed by atoms with Crippen molar-refractivity contribution in [3.63, 3.8) is 0 Å². The molecule has 0 fully saturated rings. The van der Waals surface area contributed by atoms with Gasteiger partial charge in [0.15, 0.2) is 6.61 Å². The molecule has 1 aromatic carbocycles. The summed E-state index contributed by atoms with van der Waals surface area (Å²) in [6.45, 7) is 5.14. The maximum atomic E-state index is 11.5. The van der Waals surface area contributed by atoms with E-state index in [2.05, 4.69) is 10.6 Å². The molecule has 0 aliphatic rings. The molecule has 0 spiro atoms. The minimum Gasteiger partial charge on any atom is -0.493 e. The lowest BCUT2D eigenvalue weighted by molar-refractivity contribution is -0.148. The fourth-order valence-corrected chi connectivity index (χ4v) is 1.57. The molecule has 0 aliphatic heterocycles. The van der Waals surface area contributed by atoms with Gasteiger partial charge in [-0.25, -0.2) is 4.79 Å². The van der Waals surface area contributed by atoms with Crippen LogP contribution in [-0.4, -0.2) is 37.2 Å². The summed E-state index contributed by atoms with van der Waals surface area (Å²) in [5.41, 5.74) is 1.12. The van der Waals surface area contributed by atoms with Crippen LogP contribution in [0.4, 0.5) is 4.79 Å². The lowest BCUT2D eigenvalue weighted by Gasteiger charge is -2.09. The average molecular weight is 322 g/mol. The number of urea groups is 1. The Bertz CT molecular complexity index is 540. The maximum absolute atomic E-state index is 11.5. The zero-order chi connectivity index (χ0) is 17.2. The molecule has 0 aliphatic carbocycles. The number of imide groups is 1. The lowest BCUT2D eigenvalue weighted by Crippen LogP contribution is -2.44. The molecule has 0 saturated heterocycles. The van der Waals surface area contributed by atoms with Gasteiger partial charge in [0.05, 0.1) is 13.0 Å². The van der Waals surface area contributed by atoms with Crippen LogP contribution >= 0.6 is 0 Å². The van der Waals surface area contributed by atoms with E-state index in [1.807, 2.05) is 19.1 Å². The van der Waals surface area contributed by atoms with Crippen LogP contribution < -0.4 is 15.4 Å². The van der Waals surface area contributed by atoms with E-state index < -0.39 is 24.5 Å². The topological polar surface area (TPSA) is 93.7 Å². The Morgan fingerprint density at radius 3 is 2.39 bits per heavy atom. The van der Waals surface area contributed by atoms with Gasteiger partial charge in [0.1, 0.15) is 5.75 Å². The molecule has 3 amide bonds. The molecule has 0 unspecified atom stereocenters. The molecule has 7 nitrogen and oxygen atoms in total. The quantitative estimate of drug-likeness (QED) is 0.743. The van der Waals surface area contributed by atoms with Gasteiger partial charge in [0, 0.05) is 6.04 Å². The van der Waals surface area contributed by atoms with Gasteiger partial charge in [-0.2, -0.15) is 0 Å². The standard InChI is InChI=1S/C16H22N2O5/c1-11(2)17-16(21)18-14(19)10-23-15(20)8-9-22-13-6-4-12(3)5-7-13/h4-7,11H,8-10H2,1-3H3,(H2,17,18,19,21). The Morgan fingerprint density at radius 2 is 1.78 bits per heavy atom. The van der Waals surface area contributed by atoms with E-state index in [0.29, 0.717) is 5.75 Å². The number of ether oxygens (including phenoxy) is 2. The number of rotatable bonds is 7. The summed E-state index contributed by atoms with van der Waals surface area (Å²) in [5, 5.41) is 4.54. The van der Waals surface area contributed by atoms with Crippen molar-refractivity contribution in [2.75, 3.05) is 13.2 Å². The van der Waals surface area contributed by atoms with Crippen LogP contribution in [0, 0.1) is 6.92 Å². The van der Waals surface area contributed by atoms with E-state index in [1.54, 1.807) is 26.0 Å². The van der Waals surface area contributed by atoms with Gasteiger partial charge in [-0.05, 0) is 32.9 Å². The van der Waals surface area contributed by atoms with Gasteiger partial charge in [-0.3, -0.25) is 14.9 Å². The minimum absolute atomic E-state index is 0.0132. The lowest BCUT2D eigenvalue weighted by atomic mass is 10.2. The third-order valence-corrected chi connectivity index (χ3v) is 2.63. The highest BCUT2D eigenvalue weighted by atomic mass is 16.5. The minimum atomic E-state index is -0.684.